The first-order valence-corrected chi connectivity index (χ1v) is 4.73. The lowest BCUT2D eigenvalue weighted by Gasteiger charge is -2.09. The number of anilines is 1. The normalized spacial score (nSPS) is 9.62. The van der Waals surface area contributed by atoms with Crippen molar-refractivity contribution < 1.29 is 14.7 Å². The molecule has 0 fully saturated rings. The number of benzene rings is 1. The molecule has 2 N–H and O–H groups in total. The summed E-state index contributed by atoms with van der Waals surface area (Å²) in [6, 6.07) is 4.74. The molecule has 1 amide bonds. The minimum atomic E-state index is -1.01. The van der Waals surface area contributed by atoms with Crippen LogP contribution in [0.2, 0.25) is 0 Å². The van der Waals surface area contributed by atoms with Crippen LogP contribution in [0.3, 0.4) is 0 Å². The number of nitrogens with one attached hydrogen (secondary N) is 1. The molecular formula is C12H13NO3. The summed E-state index contributed by atoms with van der Waals surface area (Å²) in [4.78, 5) is 22.3. The van der Waals surface area contributed by atoms with Gasteiger partial charge in [0.15, 0.2) is 0 Å². The van der Waals surface area contributed by atoms with E-state index >= 15 is 0 Å². The number of amides is 1. The van der Waals surface area contributed by atoms with Gasteiger partial charge in [-0.3, -0.25) is 4.79 Å². The van der Waals surface area contributed by atoms with Crippen molar-refractivity contribution >= 4 is 17.6 Å². The van der Waals surface area contributed by atoms with Crippen LogP contribution < -0.4 is 5.32 Å². The van der Waals surface area contributed by atoms with Gasteiger partial charge in [0.25, 0.3) is 5.91 Å². The third-order valence-corrected chi connectivity index (χ3v) is 2.20. The Morgan fingerprint density at radius 3 is 2.50 bits per heavy atom. The maximum atomic E-state index is 11.4. The Balaban J connectivity index is 3.07. The van der Waals surface area contributed by atoms with Gasteiger partial charge < -0.3 is 10.4 Å². The van der Waals surface area contributed by atoms with Gasteiger partial charge in [-0.25, -0.2) is 4.79 Å². The van der Waals surface area contributed by atoms with Crippen molar-refractivity contribution in [2.24, 2.45) is 0 Å². The van der Waals surface area contributed by atoms with Crippen LogP contribution in [0.1, 0.15) is 22.8 Å². The third-order valence-electron chi connectivity index (χ3n) is 2.20. The molecule has 0 bridgehead atoms. The number of hydrogen-bond donors (Lipinski definition) is 2. The van der Waals surface area contributed by atoms with Gasteiger partial charge in [0, 0.05) is 11.3 Å². The average Bonchev–Trinajstić information content (AvgIpc) is 2.20. The second-order valence-electron chi connectivity index (χ2n) is 3.52. The van der Waals surface area contributed by atoms with Crippen LogP contribution in [0.5, 0.6) is 0 Å². The molecular weight excluding hydrogens is 206 g/mol. The molecule has 0 aliphatic heterocycles. The van der Waals surface area contributed by atoms with E-state index in [1.165, 1.54) is 6.07 Å². The molecule has 0 unspecified atom stereocenters. The van der Waals surface area contributed by atoms with E-state index in [0.717, 1.165) is 0 Å². The molecule has 0 atom stereocenters. The van der Waals surface area contributed by atoms with Crippen molar-refractivity contribution in [3.63, 3.8) is 0 Å². The van der Waals surface area contributed by atoms with Crippen molar-refractivity contribution in [1.29, 1.82) is 0 Å². The van der Waals surface area contributed by atoms with Gasteiger partial charge in [0.2, 0.25) is 0 Å². The van der Waals surface area contributed by atoms with Crippen LogP contribution in [-0.2, 0) is 4.79 Å². The average molecular weight is 219 g/mol. The van der Waals surface area contributed by atoms with E-state index < -0.39 is 5.97 Å². The van der Waals surface area contributed by atoms with E-state index in [9.17, 15) is 9.59 Å². The summed E-state index contributed by atoms with van der Waals surface area (Å²) in [6.07, 6.45) is 0. The Morgan fingerprint density at radius 2 is 2.00 bits per heavy atom. The predicted octanol–water partition coefficient (Wildman–Crippen LogP) is 2.21. The lowest BCUT2D eigenvalue weighted by Crippen LogP contribution is -2.14. The van der Waals surface area contributed by atoms with E-state index in [0.29, 0.717) is 16.8 Å². The fourth-order valence-electron chi connectivity index (χ4n) is 1.23. The highest BCUT2D eigenvalue weighted by Gasteiger charge is 2.11. The molecule has 84 valence electrons. The molecule has 0 spiro atoms. The Morgan fingerprint density at radius 1 is 1.38 bits per heavy atom. The van der Waals surface area contributed by atoms with Gasteiger partial charge in [0.05, 0.1) is 5.56 Å². The lowest BCUT2D eigenvalue weighted by atomic mass is 10.1. The monoisotopic (exact) mass is 219 g/mol. The second kappa shape index (κ2) is 4.61. The molecule has 0 aliphatic rings. The molecule has 0 aliphatic carbocycles. The van der Waals surface area contributed by atoms with Gasteiger partial charge in [0.1, 0.15) is 0 Å². The summed E-state index contributed by atoms with van der Waals surface area (Å²) in [5, 5.41) is 11.5. The van der Waals surface area contributed by atoms with Crippen molar-refractivity contribution in [3.05, 3.63) is 41.5 Å². The number of carbonyl (C=O) groups excluding carboxylic acids is 1. The first-order chi connectivity index (χ1) is 7.43. The highest BCUT2D eigenvalue weighted by atomic mass is 16.4. The zero-order valence-corrected chi connectivity index (χ0v) is 9.20. The SMILES string of the molecule is C=C(C)C(=O)Nc1cccc(C(=O)O)c1C. The highest BCUT2D eigenvalue weighted by molar-refractivity contribution is 6.04. The quantitative estimate of drug-likeness (QED) is 0.766. The molecule has 4 nitrogen and oxygen atoms in total. The van der Waals surface area contributed by atoms with E-state index in [1.807, 2.05) is 0 Å². The maximum absolute atomic E-state index is 11.4. The van der Waals surface area contributed by atoms with Crippen LogP contribution in [-0.4, -0.2) is 17.0 Å². The number of aromatic carboxylic acids is 1. The molecule has 0 saturated heterocycles. The molecule has 1 aromatic rings. The summed E-state index contributed by atoms with van der Waals surface area (Å²) >= 11 is 0. The highest BCUT2D eigenvalue weighted by Crippen LogP contribution is 2.19. The minimum absolute atomic E-state index is 0.180. The van der Waals surface area contributed by atoms with Crippen molar-refractivity contribution in [2.45, 2.75) is 13.8 Å². The standard InChI is InChI=1S/C12H13NO3/c1-7(2)11(14)13-10-6-4-5-9(8(10)3)12(15)16/h4-6H,1H2,2-3H3,(H,13,14)(H,15,16). The fourth-order valence-corrected chi connectivity index (χ4v) is 1.23. The first-order valence-electron chi connectivity index (χ1n) is 4.73. The van der Waals surface area contributed by atoms with Crippen molar-refractivity contribution in [3.8, 4) is 0 Å². The number of hydrogen-bond acceptors (Lipinski definition) is 2. The number of carbonyl (C=O) groups is 2. The van der Waals surface area contributed by atoms with Gasteiger partial charge in [-0.05, 0) is 31.5 Å². The van der Waals surface area contributed by atoms with E-state index in [-0.39, 0.29) is 11.5 Å². The van der Waals surface area contributed by atoms with Crippen molar-refractivity contribution in [2.75, 3.05) is 5.32 Å². The predicted molar refractivity (Wildman–Crippen MR) is 61.6 cm³/mol. The topological polar surface area (TPSA) is 66.4 Å². The summed E-state index contributed by atoms with van der Waals surface area (Å²) in [5.41, 5.74) is 1.58. The van der Waals surface area contributed by atoms with Crippen LogP contribution in [0.25, 0.3) is 0 Å². The summed E-state index contributed by atoms with van der Waals surface area (Å²) in [6.45, 7) is 6.75. The fraction of sp³-hybridized carbons (Fsp3) is 0.167. The Kier molecular flexibility index (Phi) is 3.45. The molecule has 16 heavy (non-hydrogen) atoms. The lowest BCUT2D eigenvalue weighted by molar-refractivity contribution is -0.112. The van der Waals surface area contributed by atoms with E-state index in [1.54, 1.807) is 26.0 Å². The van der Waals surface area contributed by atoms with Crippen LogP contribution >= 0.6 is 0 Å². The summed E-state index contributed by atoms with van der Waals surface area (Å²) in [5.74, 6) is -1.32. The zero-order valence-electron chi connectivity index (χ0n) is 9.20. The van der Waals surface area contributed by atoms with Crippen LogP contribution in [0.15, 0.2) is 30.4 Å². The Bertz CT molecular complexity index is 463. The van der Waals surface area contributed by atoms with Gasteiger partial charge in [-0.2, -0.15) is 0 Å². The molecule has 0 heterocycles. The number of carboxylic acids is 1. The number of carboxylic acid groups (broad SMARTS) is 1. The first kappa shape index (κ1) is 12.0. The second-order valence-corrected chi connectivity index (χ2v) is 3.52. The van der Waals surface area contributed by atoms with Gasteiger partial charge in [-0.1, -0.05) is 12.6 Å². The summed E-state index contributed by atoms with van der Waals surface area (Å²) in [7, 11) is 0. The smallest absolute Gasteiger partial charge is 0.336 e. The molecule has 0 saturated carbocycles. The minimum Gasteiger partial charge on any atom is -0.478 e. The van der Waals surface area contributed by atoms with Crippen LogP contribution in [0.4, 0.5) is 5.69 Å². The zero-order chi connectivity index (χ0) is 12.3. The van der Waals surface area contributed by atoms with E-state index in [2.05, 4.69) is 11.9 Å². The Hall–Kier alpha value is -2.10. The number of rotatable bonds is 3. The third kappa shape index (κ3) is 2.48. The largest absolute Gasteiger partial charge is 0.478 e. The van der Waals surface area contributed by atoms with Gasteiger partial charge in [-0.15, -0.1) is 0 Å². The summed E-state index contributed by atoms with van der Waals surface area (Å²) < 4.78 is 0. The van der Waals surface area contributed by atoms with Crippen molar-refractivity contribution in [1.82, 2.24) is 0 Å². The molecule has 1 aromatic carbocycles. The van der Waals surface area contributed by atoms with Gasteiger partial charge >= 0.3 is 5.97 Å². The molecule has 4 heteroatoms. The van der Waals surface area contributed by atoms with Crippen LogP contribution in [0, 0.1) is 6.92 Å². The molecule has 1 rings (SSSR count). The Labute approximate surface area is 93.6 Å². The maximum Gasteiger partial charge on any atom is 0.336 e. The molecule has 0 aromatic heterocycles. The molecule has 0 radical (unpaired) electrons. The van der Waals surface area contributed by atoms with E-state index in [4.69, 9.17) is 5.11 Å².